The predicted molar refractivity (Wildman–Crippen MR) is 138 cm³/mol. The van der Waals surface area contributed by atoms with Crippen LogP contribution in [0.5, 0.6) is 0 Å². The Hall–Kier alpha value is -0.870. The lowest BCUT2D eigenvalue weighted by molar-refractivity contribution is -0.0333. The first-order valence-electron chi connectivity index (χ1n) is 11.9. The maximum Gasteiger partial charge on any atom is 0.191 e. The van der Waals surface area contributed by atoms with E-state index in [-0.39, 0.29) is 29.5 Å². The zero-order valence-electron chi connectivity index (χ0n) is 20.0. The molecule has 0 radical (unpaired) electrons. The topological polar surface area (TPSA) is 66.7 Å². The summed E-state index contributed by atoms with van der Waals surface area (Å²) in [7, 11) is 0. The molecule has 0 aromatic carbocycles. The quantitative estimate of drug-likeness (QED) is 0.298. The molecule has 1 saturated heterocycles. The van der Waals surface area contributed by atoms with E-state index in [4.69, 9.17) is 9.73 Å². The maximum absolute atomic E-state index is 5.61. The minimum atomic E-state index is 0. The van der Waals surface area contributed by atoms with E-state index in [0.717, 1.165) is 64.1 Å². The van der Waals surface area contributed by atoms with Crippen molar-refractivity contribution < 1.29 is 4.74 Å². The molecule has 1 aliphatic heterocycles. The summed E-state index contributed by atoms with van der Waals surface area (Å²) in [5.41, 5.74) is 2.52. The summed E-state index contributed by atoms with van der Waals surface area (Å²) in [5.74, 6) is 1.41. The van der Waals surface area contributed by atoms with Gasteiger partial charge >= 0.3 is 0 Å². The molecule has 1 atom stereocenters. The zero-order chi connectivity index (χ0) is 21.4. The van der Waals surface area contributed by atoms with Gasteiger partial charge in [-0.15, -0.1) is 24.0 Å². The Kier molecular flexibility index (Phi) is 11.1. The molecule has 0 amide bonds. The smallest absolute Gasteiger partial charge is 0.191 e. The summed E-state index contributed by atoms with van der Waals surface area (Å²) >= 11 is 0. The summed E-state index contributed by atoms with van der Waals surface area (Å²) in [6.45, 7) is 15.9. The van der Waals surface area contributed by atoms with Crippen LogP contribution >= 0.6 is 24.0 Å². The molecule has 7 nitrogen and oxygen atoms in total. The molecule has 1 saturated carbocycles. The van der Waals surface area contributed by atoms with E-state index in [2.05, 4.69) is 59.1 Å². The van der Waals surface area contributed by atoms with Crippen LogP contribution in [0.15, 0.2) is 11.1 Å². The predicted octanol–water partition coefficient (Wildman–Crippen LogP) is 3.34. The fourth-order valence-corrected chi connectivity index (χ4v) is 4.88. The van der Waals surface area contributed by atoms with Crippen LogP contribution in [0.4, 0.5) is 0 Å². The third-order valence-electron chi connectivity index (χ3n) is 6.55. The average Bonchev–Trinajstić information content (AvgIpc) is 3.08. The van der Waals surface area contributed by atoms with Crippen LogP contribution in [-0.4, -0.2) is 72.1 Å². The standard InChI is InChI=1S/C23H42N6O.HI/c1-5-24-22(25-16-19(2)17-29-21(4)15-20(3)27-29)26-18-23(9-7-6-8-10-23)28-11-13-30-14-12-28;/h15,19H,5-14,16-18H2,1-4H3,(H2,24,25,26);1H. The fourth-order valence-electron chi connectivity index (χ4n) is 4.88. The number of morpholine rings is 1. The number of aryl methyl sites for hydroxylation is 2. The molecule has 2 fully saturated rings. The van der Waals surface area contributed by atoms with Crippen molar-refractivity contribution in [3.63, 3.8) is 0 Å². The highest BCUT2D eigenvalue weighted by atomic mass is 127. The van der Waals surface area contributed by atoms with Crippen molar-refractivity contribution in [1.82, 2.24) is 25.3 Å². The molecule has 0 bridgehead atoms. The van der Waals surface area contributed by atoms with Gasteiger partial charge in [-0.3, -0.25) is 14.6 Å². The Morgan fingerprint density at radius 3 is 2.52 bits per heavy atom. The van der Waals surface area contributed by atoms with Gasteiger partial charge in [0.1, 0.15) is 0 Å². The van der Waals surface area contributed by atoms with Gasteiger partial charge in [-0.25, -0.2) is 0 Å². The summed E-state index contributed by atoms with van der Waals surface area (Å²) in [6.07, 6.45) is 6.50. The highest BCUT2D eigenvalue weighted by molar-refractivity contribution is 14.0. The summed E-state index contributed by atoms with van der Waals surface area (Å²) in [6, 6.07) is 2.14. The highest BCUT2D eigenvalue weighted by Gasteiger charge is 2.38. The number of rotatable bonds is 8. The van der Waals surface area contributed by atoms with Gasteiger partial charge in [0.15, 0.2) is 5.96 Å². The number of aromatic nitrogens is 2. The molecule has 31 heavy (non-hydrogen) atoms. The lowest BCUT2D eigenvalue weighted by Gasteiger charge is -2.47. The van der Waals surface area contributed by atoms with Crippen LogP contribution in [0, 0.1) is 19.8 Å². The van der Waals surface area contributed by atoms with E-state index in [9.17, 15) is 0 Å². The molecule has 1 aromatic rings. The van der Waals surface area contributed by atoms with Crippen molar-refractivity contribution in [3.8, 4) is 0 Å². The summed E-state index contributed by atoms with van der Waals surface area (Å²) in [4.78, 5) is 7.74. The molecule has 0 spiro atoms. The highest BCUT2D eigenvalue weighted by Crippen LogP contribution is 2.34. The van der Waals surface area contributed by atoms with E-state index in [1.807, 2.05) is 0 Å². The number of hydrogen-bond donors (Lipinski definition) is 2. The second-order valence-corrected chi connectivity index (χ2v) is 9.17. The number of aliphatic imine (C=N–C) groups is 1. The lowest BCUT2D eigenvalue weighted by atomic mass is 9.80. The fraction of sp³-hybridized carbons (Fsp3) is 0.826. The van der Waals surface area contributed by atoms with Gasteiger partial charge in [-0.2, -0.15) is 5.10 Å². The largest absolute Gasteiger partial charge is 0.379 e. The van der Waals surface area contributed by atoms with Crippen LogP contribution in [0.1, 0.15) is 57.3 Å². The van der Waals surface area contributed by atoms with Gasteiger partial charge in [-0.05, 0) is 45.6 Å². The Morgan fingerprint density at radius 1 is 1.19 bits per heavy atom. The van der Waals surface area contributed by atoms with E-state index in [0.29, 0.717) is 5.92 Å². The summed E-state index contributed by atoms with van der Waals surface area (Å²) < 4.78 is 7.73. The number of hydrogen-bond acceptors (Lipinski definition) is 4. The minimum Gasteiger partial charge on any atom is -0.379 e. The van der Waals surface area contributed by atoms with Crippen molar-refractivity contribution in [2.24, 2.45) is 10.9 Å². The van der Waals surface area contributed by atoms with Crippen molar-refractivity contribution in [2.45, 2.75) is 71.9 Å². The molecule has 1 unspecified atom stereocenters. The molecule has 178 valence electrons. The molecule has 1 aromatic heterocycles. The Labute approximate surface area is 205 Å². The zero-order valence-corrected chi connectivity index (χ0v) is 22.3. The van der Waals surface area contributed by atoms with Crippen molar-refractivity contribution in [1.29, 1.82) is 0 Å². The molecule has 8 heteroatoms. The Balaban J connectivity index is 0.00000341. The normalized spacial score (nSPS) is 20.7. The molecular weight excluding hydrogens is 503 g/mol. The molecule has 2 heterocycles. The average molecular weight is 547 g/mol. The molecule has 2 aliphatic rings. The van der Waals surface area contributed by atoms with Gasteiger partial charge in [0.2, 0.25) is 0 Å². The monoisotopic (exact) mass is 546 g/mol. The number of ether oxygens (including phenoxy) is 1. The van der Waals surface area contributed by atoms with Gasteiger partial charge in [0.05, 0.1) is 25.5 Å². The van der Waals surface area contributed by atoms with E-state index in [1.54, 1.807) is 0 Å². The Morgan fingerprint density at radius 2 is 1.90 bits per heavy atom. The Bertz CT molecular complexity index is 680. The van der Waals surface area contributed by atoms with E-state index in [1.165, 1.54) is 37.8 Å². The van der Waals surface area contributed by atoms with Crippen LogP contribution in [0.25, 0.3) is 0 Å². The van der Waals surface area contributed by atoms with Crippen LogP contribution < -0.4 is 10.6 Å². The van der Waals surface area contributed by atoms with Gasteiger partial charge < -0.3 is 15.4 Å². The number of nitrogens with one attached hydrogen (secondary N) is 2. The minimum absolute atomic E-state index is 0. The maximum atomic E-state index is 5.61. The summed E-state index contributed by atoms with van der Waals surface area (Å²) in [5, 5.41) is 11.6. The van der Waals surface area contributed by atoms with Gasteiger partial charge in [-0.1, -0.05) is 26.2 Å². The SMILES string of the molecule is CCNC(=NCC1(N2CCOCC2)CCCCC1)NCC(C)Cn1nc(C)cc1C.I. The number of guanidine groups is 1. The van der Waals surface area contributed by atoms with E-state index >= 15 is 0 Å². The molecule has 1 aliphatic carbocycles. The first-order valence-corrected chi connectivity index (χ1v) is 11.9. The van der Waals surface area contributed by atoms with Gasteiger partial charge in [0, 0.05) is 44.0 Å². The number of nitrogens with zero attached hydrogens (tertiary/aromatic N) is 4. The third-order valence-corrected chi connectivity index (χ3v) is 6.55. The van der Waals surface area contributed by atoms with Crippen LogP contribution in [0.2, 0.25) is 0 Å². The number of halogens is 1. The van der Waals surface area contributed by atoms with Crippen molar-refractivity contribution in [3.05, 3.63) is 17.5 Å². The second kappa shape index (κ2) is 13.0. The molecule has 3 rings (SSSR count). The van der Waals surface area contributed by atoms with E-state index < -0.39 is 0 Å². The van der Waals surface area contributed by atoms with Gasteiger partial charge in [0.25, 0.3) is 0 Å². The van der Waals surface area contributed by atoms with Crippen molar-refractivity contribution >= 4 is 29.9 Å². The van der Waals surface area contributed by atoms with Crippen LogP contribution in [-0.2, 0) is 11.3 Å². The lowest BCUT2D eigenvalue weighted by Crippen LogP contribution is -2.56. The van der Waals surface area contributed by atoms with Crippen molar-refractivity contribution in [2.75, 3.05) is 45.9 Å². The molecular formula is C23H43IN6O. The second-order valence-electron chi connectivity index (χ2n) is 9.17. The first kappa shape index (κ1) is 26.4. The third kappa shape index (κ3) is 7.60. The van der Waals surface area contributed by atoms with Crippen LogP contribution in [0.3, 0.4) is 0 Å². The first-order chi connectivity index (χ1) is 14.5. The molecule has 2 N–H and O–H groups in total.